The molecule has 0 aromatic heterocycles. The van der Waals surface area contributed by atoms with E-state index in [4.69, 9.17) is 4.74 Å². The largest absolute Gasteiger partial charge is 0.494 e. The molecule has 2 N–H and O–H groups in total. The minimum atomic E-state index is -3.69. The number of benzene rings is 1. The van der Waals surface area contributed by atoms with Crippen LogP contribution in [-0.4, -0.2) is 34.7 Å². The first-order valence-corrected chi connectivity index (χ1v) is 7.58. The van der Waals surface area contributed by atoms with Gasteiger partial charge >= 0.3 is 0 Å². The summed E-state index contributed by atoms with van der Waals surface area (Å²) < 4.78 is 45.1. The van der Waals surface area contributed by atoms with Gasteiger partial charge in [-0.15, -0.1) is 12.4 Å². The Labute approximate surface area is 124 Å². The molecule has 1 heterocycles. The highest BCUT2D eigenvalue weighted by Gasteiger charge is 2.22. The van der Waals surface area contributed by atoms with Crippen LogP contribution in [0.15, 0.2) is 23.1 Å². The summed E-state index contributed by atoms with van der Waals surface area (Å²) in [4.78, 5) is -0.0867. The lowest BCUT2D eigenvalue weighted by molar-refractivity contribution is 0.385. The van der Waals surface area contributed by atoms with Crippen LogP contribution in [0.5, 0.6) is 5.75 Å². The number of ether oxygens (including phenoxy) is 1. The van der Waals surface area contributed by atoms with Gasteiger partial charge in [0.2, 0.25) is 10.0 Å². The second kappa shape index (κ2) is 7.21. The summed E-state index contributed by atoms with van der Waals surface area (Å²) in [5.74, 6) is -0.662. The Balaban J connectivity index is 0.00000200. The molecule has 1 fully saturated rings. The van der Waals surface area contributed by atoms with Crippen molar-refractivity contribution in [3.8, 4) is 5.75 Å². The van der Waals surface area contributed by atoms with Crippen molar-refractivity contribution in [1.82, 2.24) is 10.0 Å². The second-order valence-electron chi connectivity index (χ2n) is 4.46. The number of sulfonamides is 1. The van der Waals surface area contributed by atoms with Gasteiger partial charge in [-0.1, -0.05) is 0 Å². The van der Waals surface area contributed by atoms with Crippen LogP contribution >= 0.6 is 12.4 Å². The number of hydrogen-bond acceptors (Lipinski definition) is 4. The molecule has 8 heteroatoms. The number of rotatable bonds is 4. The van der Waals surface area contributed by atoms with E-state index in [1.165, 1.54) is 19.2 Å². The summed E-state index contributed by atoms with van der Waals surface area (Å²) in [5, 5.41) is 3.12. The molecule has 0 aliphatic carbocycles. The van der Waals surface area contributed by atoms with Crippen molar-refractivity contribution < 1.29 is 17.5 Å². The molecule has 0 radical (unpaired) electrons. The maximum Gasteiger partial charge on any atom is 0.240 e. The Morgan fingerprint density at radius 3 is 2.75 bits per heavy atom. The lowest BCUT2D eigenvalue weighted by Gasteiger charge is -2.23. The van der Waals surface area contributed by atoms with E-state index >= 15 is 0 Å². The van der Waals surface area contributed by atoms with E-state index in [0.717, 1.165) is 25.5 Å². The van der Waals surface area contributed by atoms with Gasteiger partial charge in [0, 0.05) is 12.6 Å². The summed E-state index contributed by atoms with van der Waals surface area (Å²) in [6, 6.07) is 3.46. The predicted octanol–water partition coefficient (Wildman–Crippen LogP) is 1.29. The van der Waals surface area contributed by atoms with Crippen molar-refractivity contribution >= 4 is 22.4 Å². The van der Waals surface area contributed by atoms with E-state index in [1.807, 2.05) is 0 Å². The van der Waals surface area contributed by atoms with Crippen LogP contribution in [0.25, 0.3) is 0 Å². The highest BCUT2D eigenvalue weighted by atomic mass is 35.5. The molecule has 114 valence electrons. The number of nitrogens with one attached hydrogen (secondary N) is 2. The lowest BCUT2D eigenvalue weighted by atomic mass is 10.1. The van der Waals surface area contributed by atoms with Gasteiger partial charge in [0.25, 0.3) is 0 Å². The first kappa shape index (κ1) is 17.2. The summed E-state index contributed by atoms with van der Waals surface area (Å²) in [6.45, 7) is 1.49. The highest BCUT2D eigenvalue weighted by molar-refractivity contribution is 7.89. The molecule has 0 amide bonds. The van der Waals surface area contributed by atoms with Crippen LogP contribution in [0.2, 0.25) is 0 Å². The molecule has 1 saturated heterocycles. The molecule has 2 rings (SSSR count). The molecule has 1 aliphatic rings. The molecule has 5 nitrogen and oxygen atoms in total. The van der Waals surface area contributed by atoms with Crippen LogP contribution in [0.3, 0.4) is 0 Å². The monoisotopic (exact) mass is 324 g/mol. The van der Waals surface area contributed by atoms with Crippen molar-refractivity contribution in [2.75, 3.05) is 20.2 Å². The van der Waals surface area contributed by atoms with Crippen molar-refractivity contribution in [3.05, 3.63) is 24.0 Å². The predicted molar refractivity (Wildman–Crippen MR) is 76.4 cm³/mol. The average Bonchev–Trinajstić information content (AvgIpc) is 2.39. The summed E-state index contributed by atoms with van der Waals surface area (Å²) in [7, 11) is -2.36. The van der Waals surface area contributed by atoms with Crippen molar-refractivity contribution in [3.63, 3.8) is 0 Å². The molecule has 0 bridgehead atoms. The second-order valence-corrected chi connectivity index (χ2v) is 6.17. The molecule has 1 aromatic rings. The SMILES string of the molecule is COc1ccc(S(=O)(=O)NC2CCCNC2)cc1F.Cl. The topological polar surface area (TPSA) is 67.4 Å². The van der Waals surface area contributed by atoms with Crippen LogP contribution in [-0.2, 0) is 10.0 Å². The van der Waals surface area contributed by atoms with Gasteiger partial charge in [0.05, 0.1) is 12.0 Å². The third-order valence-electron chi connectivity index (χ3n) is 3.05. The van der Waals surface area contributed by atoms with Gasteiger partial charge in [-0.3, -0.25) is 0 Å². The molecule has 0 spiro atoms. The van der Waals surface area contributed by atoms with E-state index in [2.05, 4.69) is 10.0 Å². The molecular formula is C12H18ClFN2O3S. The average molecular weight is 325 g/mol. The van der Waals surface area contributed by atoms with Crippen molar-refractivity contribution in [2.24, 2.45) is 0 Å². The maximum absolute atomic E-state index is 13.5. The standard InChI is InChI=1S/C12H17FN2O3S.ClH/c1-18-12-5-4-10(7-11(12)13)19(16,17)15-9-3-2-6-14-8-9;/h4-5,7,9,14-15H,2-3,6,8H2,1H3;1H. The quantitative estimate of drug-likeness (QED) is 0.875. The van der Waals surface area contributed by atoms with Gasteiger partial charge in [0.1, 0.15) is 0 Å². The van der Waals surface area contributed by atoms with Gasteiger partial charge in [-0.25, -0.2) is 17.5 Å². The zero-order chi connectivity index (χ0) is 13.9. The van der Waals surface area contributed by atoms with Gasteiger partial charge in [-0.05, 0) is 37.6 Å². The molecule has 1 aromatic carbocycles. The lowest BCUT2D eigenvalue weighted by Crippen LogP contribution is -2.45. The van der Waals surface area contributed by atoms with Gasteiger partial charge in [0.15, 0.2) is 11.6 Å². The smallest absolute Gasteiger partial charge is 0.240 e. The Bertz CT molecular complexity index is 548. The minimum absolute atomic E-state index is 0. The van der Waals surface area contributed by atoms with Gasteiger partial charge in [-0.2, -0.15) is 0 Å². The fraction of sp³-hybridized carbons (Fsp3) is 0.500. The molecule has 1 aliphatic heterocycles. The van der Waals surface area contributed by atoms with Crippen LogP contribution in [0.4, 0.5) is 4.39 Å². The Morgan fingerprint density at radius 2 is 2.20 bits per heavy atom. The first-order valence-electron chi connectivity index (χ1n) is 6.09. The third-order valence-corrected chi connectivity index (χ3v) is 4.57. The Kier molecular flexibility index (Phi) is 6.19. The first-order chi connectivity index (χ1) is 9.03. The van der Waals surface area contributed by atoms with E-state index < -0.39 is 15.8 Å². The zero-order valence-electron chi connectivity index (χ0n) is 11.1. The van der Waals surface area contributed by atoms with Gasteiger partial charge < -0.3 is 10.1 Å². The highest BCUT2D eigenvalue weighted by Crippen LogP contribution is 2.21. The molecule has 1 atom stereocenters. The van der Waals surface area contributed by atoms with E-state index in [9.17, 15) is 12.8 Å². The van der Waals surface area contributed by atoms with E-state index in [-0.39, 0.29) is 29.1 Å². The molecular weight excluding hydrogens is 307 g/mol. The molecule has 0 saturated carbocycles. The summed E-state index contributed by atoms with van der Waals surface area (Å²) >= 11 is 0. The van der Waals surface area contributed by atoms with E-state index in [1.54, 1.807) is 0 Å². The zero-order valence-corrected chi connectivity index (χ0v) is 12.7. The minimum Gasteiger partial charge on any atom is -0.494 e. The maximum atomic E-state index is 13.5. The third kappa shape index (κ3) is 4.05. The summed E-state index contributed by atoms with van der Waals surface area (Å²) in [5.41, 5.74) is 0. The number of methoxy groups -OCH3 is 1. The fourth-order valence-electron chi connectivity index (χ4n) is 2.05. The van der Waals surface area contributed by atoms with Crippen molar-refractivity contribution in [2.45, 2.75) is 23.8 Å². The number of halogens is 2. The van der Waals surface area contributed by atoms with Crippen molar-refractivity contribution in [1.29, 1.82) is 0 Å². The summed E-state index contributed by atoms with van der Waals surface area (Å²) in [6.07, 6.45) is 1.70. The molecule has 20 heavy (non-hydrogen) atoms. The van der Waals surface area contributed by atoms with Crippen LogP contribution in [0, 0.1) is 5.82 Å². The van der Waals surface area contributed by atoms with E-state index in [0.29, 0.717) is 6.54 Å². The number of hydrogen-bond donors (Lipinski definition) is 2. The molecule has 1 unspecified atom stereocenters. The van der Waals surface area contributed by atoms with Crippen LogP contribution < -0.4 is 14.8 Å². The fourth-order valence-corrected chi connectivity index (χ4v) is 3.34. The normalized spacial score (nSPS) is 19.2. The van der Waals surface area contributed by atoms with Crippen LogP contribution in [0.1, 0.15) is 12.8 Å². The Hall–Kier alpha value is -0.890. The number of piperidine rings is 1. The Morgan fingerprint density at radius 1 is 1.45 bits per heavy atom.